The van der Waals surface area contributed by atoms with Gasteiger partial charge in [-0.1, -0.05) is 60.3 Å². The van der Waals surface area contributed by atoms with Gasteiger partial charge in [0, 0.05) is 11.6 Å². The van der Waals surface area contributed by atoms with Crippen LogP contribution in [0.25, 0.3) is 22.7 Å². The van der Waals surface area contributed by atoms with Crippen molar-refractivity contribution in [1.82, 2.24) is 19.7 Å². The topological polar surface area (TPSA) is 56.7 Å². The minimum Gasteiger partial charge on any atom is -0.419 e. The monoisotopic (exact) mass is 388 g/mol. The van der Waals surface area contributed by atoms with Gasteiger partial charge in [0.2, 0.25) is 11.8 Å². The van der Waals surface area contributed by atoms with E-state index >= 15 is 0 Å². The first-order valence-electron chi connectivity index (χ1n) is 9.48. The van der Waals surface area contributed by atoms with Crippen molar-refractivity contribution in [2.24, 2.45) is 0 Å². The maximum atomic E-state index is 5.93. The molecule has 1 saturated carbocycles. The normalized spacial score (nSPS) is 14.9. The number of hydrogen-bond acceptors (Lipinski definition) is 5. The Morgan fingerprint density at radius 1 is 0.964 bits per heavy atom. The molecule has 2 aromatic heterocycles. The second kappa shape index (κ2) is 7.28. The van der Waals surface area contributed by atoms with E-state index in [0.29, 0.717) is 17.8 Å². The molecule has 1 aliphatic carbocycles. The molecular formula is C22H20N4OS. The Bertz CT molecular complexity index is 1070. The maximum Gasteiger partial charge on any atom is 0.247 e. The van der Waals surface area contributed by atoms with Gasteiger partial charge >= 0.3 is 0 Å². The van der Waals surface area contributed by atoms with Crippen molar-refractivity contribution in [3.63, 3.8) is 0 Å². The fourth-order valence-corrected chi connectivity index (χ4v) is 4.23. The van der Waals surface area contributed by atoms with E-state index in [1.807, 2.05) is 42.6 Å². The van der Waals surface area contributed by atoms with Crippen molar-refractivity contribution >= 4 is 11.8 Å². The zero-order valence-electron chi connectivity index (χ0n) is 15.5. The van der Waals surface area contributed by atoms with Crippen LogP contribution in [0.15, 0.2) is 76.4 Å². The van der Waals surface area contributed by atoms with E-state index in [2.05, 4.69) is 46.0 Å². The summed E-state index contributed by atoms with van der Waals surface area (Å²) in [6.07, 6.45) is 4.39. The van der Waals surface area contributed by atoms with E-state index in [9.17, 15) is 0 Å². The quantitative estimate of drug-likeness (QED) is 0.391. The summed E-state index contributed by atoms with van der Waals surface area (Å²) in [5.74, 6) is 1.18. The van der Waals surface area contributed by atoms with Gasteiger partial charge in [0.05, 0.1) is 17.1 Å². The minimum absolute atomic E-state index is 0.0217. The number of hydrogen-bond donors (Lipinski definition) is 0. The molecule has 1 unspecified atom stereocenters. The molecule has 5 nitrogen and oxygen atoms in total. The first-order chi connectivity index (χ1) is 13.8. The van der Waals surface area contributed by atoms with Crippen molar-refractivity contribution in [3.05, 3.63) is 72.8 Å². The van der Waals surface area contributed by atoms with E-state index in [0.717, 1.165) is 10.7 Å². The smallest absolute Gasteiger partial charge is 0.247 e. The highest BCUT2D eigenvalue weighted by molar-refractivity contribution is 7.99. The zero-order valence-corrected chi connectivity index (χ0v) is 16.3. The van der Waals surface area contributed by atoms with E-state index in [1.165, 1.54) is 24.1 Å². The molecule has 5 rings (SSSR count). The largest absolute Gasteiger partial charge is 0.419 e. The molecule has 0 radical (unpaired) electrons. The summed E-state index contributed by atoms with van der Waals surface area (Å²) >= 11 is 1.67. The molecule has 0 N–H and O–H groups in total. The van der Waals surface area contributed by atoms with Crippen LogP contribution in [0.2, 0.25) is 0 Å². The number of imidazole rings is 1. The van der Waals surface area contributed by atoms with E-state index in [-0.39, 0.29) is 5.25 Å². The number of nitrogens with zero attached hydrogens (tertiary/aromatic N) is 4. The average Bonchev–Trinajstić information content (AvgIpc) is 3.30. The van der Waals surface area contributed by atoms with Crippen molar-refractivity contribution in [2.45, 2.75) is 36.2 Å². The first kappa shape index (κ1) is 17.3. The summed E-state index contributed by atoms with van der Waals surface area (Å²) in [6.45, 7) is 2.08. The lowest BCUT2D eigenvalue weighted by Gasteiger charge is -2.12. The Labute approximate surface area is 167 Å². The molecule has 28 heavy (non-hydrogen) atoms. The number of aromatic nitrogens is 4. The molecule has 140 valence electrons. The molecule has 4 aromatic rings. The summed E-state index contributed by atoms with van der Waals surface area (Å²) in [5, 5.41) is 9.51. The molecule has 0 aliphatic heterocycles. The fourth-order valence-electron chi connectivity index (χ4n) is 3.24. The van der Waals surface area contributed by atoms with Crippen molar-refractivity contribution in [3.8, 4) is 22.7 Å². The summed E-state index contributed by atoms with van der Waals surface area (Å²) in [5.41, 5.74) is 3.31. The Balaban J connectivity index is 1.41. The number of rotatable bonds is 6. The van der Waals surface area contributed by atoms with Crippen molar-refractivity contribution in [2.75, 3.05) is 0 Å². The maximum absolute atomic E-state index is 5.93. The molecule has 0 amide bonds. The highest BCUT2D eigenvalue weighted by Crippen LogP contribution is 2.44. The third-order valence-corrected chi connectivity index (χ3v) is 5.90. The van der Waals surface area contributed by atoms with Gasteiger partial charge < -0.3 is 8.98 Å². The van der Waals surface area contributed by atoms with Crippen LogP contribution in [0.1, 0.15) is 36.9 Å². The van der Waals surface area contributed by atoms with E-state index in [1.54, 1.807) is 11.8 Å². The van der Waals surface area contributed by atoms with Crippen LogP contribution in [-0.2, 0) is 0 Å². The summed E-state index contributed by atoms with van der Waals surface area (Å²) < 4.78 is 8.30. The predicted octanol–water partition coefficient (Wildman–Crippen LogP) is 5.79. The molecule has 2 aromatic carbocycles. The minimum atomic E-state index is 0.0217. The van der Waals surface area contributed by atoms with Crippen molar-refractivity contribution in [1.29, 1.82) is 0 Å². The van der Waals surface area contributed by atoms with Gasteiger partial charge in [-0.3, -0.25) is 0 Å². The van der Waals surface area contributed by atoms with Crippen LogP contribution in [0.4, 0.5) is 0 Å². The highest BCUT2D eigenvalue weighted by atomic mass is 32.2. The third-order valence-electron chi connectivity index (χ3n) is 4.84. The van der Waals surface area contributed by atoms with Gasteiger partial charge in [-0.2, -0.15) is 0 Å². The van der Waals surface area contributed by atoms with Crippen LogP contribution in [0, 0.1) is 0 Å². The fraction of sp³-hybridized carbons (Fsp3) is 0.227. The number of thioether (sulfide) groups is 1. The third kappa shape index (κ3) is 3.36. The second-order valence-corrected chi connectivity index (χ2v) is 8.27. The average molecular weight is 388 g/mol. The molecule has 6 heteroatoms. The highest BCUT2D eigenvalue weighted by Gasteiger charge is 2.30. The Morgan fingerprint density at radius 3 is 2.32 bits per heavy atom. The molecule has 0 saturated heterocycles. The Hall–Kier alpha value is -2.86. The van der Waals surface area contributed by atoms with Crippen LogP contribution in [0.5, 0.6) is 0 Å². The predicted molar refractivity (Wildman–Crippen MR) is 110 cm³/mol. The molecule has 1 fully saturated rings. The summed E-state index contributed by atoms with van der Waals surface area (Å²) in [7, 11) is 0. The van der Waals surface area contributed by atoms with Gasteiger partial charge in [0.25, 0.3) is 0 Å². The van der Waals surface area contributed by atoms with Crippen LogP contribution < -0.4 is 0 Å². The summed E-state index contributed by atoms with van der Waals surface area (Å²) in [6, 6.07) is 20.8. The molecule has 0 bridgehead atoms. The molecule has 1 aliphatic rings. The Kier molecular flexibility index (Phi) is 4.49. The van der Waals surface area contributed by atoms with Gasteiger partial charge in [-0.25, -0.2) is 4.98 Å². The standard InChI is InChI=1S/C22H20N4OS/c1-15(20-24-25-21(27-20)17-10-6-3-7-11-17)28-22-23-14-19(26(22)18-12-13-18)16-8-4-2-5-9-16/h2-11,14-15,18H,12-13H2,1H3. The lowest BCUT2D eigenvalue weighted by Crippen LogP contribution is -2.00. The Morgan fingerprint density at radius 2 is 1.64 bits per heavy atom. The van der Waals surface area contributed by atoms with Crippen molar-refractivity contribution < 1.29 is 4.42 Å². The van der Waals surface area contributed by atoms with Gasteiger partial charge in [0.1, 0.15) is 0 Å². The lowest BCUT2D eigenvalue weighted by molar-refractivity contribution is 0.508. The van der Waals surface area contributed by atoms with Gasteiger partial charge in [-0.15, -0.1) is 10.2 Å². The SMILES string of the molecule is CC(Sc1ncc(-c2ccccc2)n1C1CC1)c1nnc(-c2ccccc2)o1. The van der Waals surface area contributed by atoms with E-state index < -0.39 is 0 Å². The molecule has 0 spiro atoms. The number of benzene rings is 2. The van der Waals surface area contributed by atoms with Gasteiger partial charge in [0.15, 0.2) is 5.16 Å². The van der Waals surface area contributed by atoms with Crippen LogP contribution in [-0.4, -0.2) is 19.7 Å². The van der Waals surface area contributed by atoms with Crippen LogP contribution >= 0.6 is 11.8 Å². The van der Waals surface area contributed by atoms with Crippen LogP contribution in [0.3, 0.4) is 0 Å². The molecule has 2 heterocycles. The molecule has 1 atom stereocenters. The van der Waals surface area contributed by atoms with Gasteiger partial charge in [-0.05, 0) is 37.5 Å². The van der Waals surface area contributed by atoms with E-state index in [4.69, 9.17) is 9.40 Å². The zero-order chi connectivity index (χ0) is 18.9. The first-order valence-corrected chi connectivity index (χ1v) is 10.4. The second-order valence-electron chi connectivity index (χ2n) is 6.96. The lowest BCUT2D eigenvalue weighted by atomic mass is 10.2. The summed E-state index contributed by atoms with van der Waals surface area (Å²) in [4.78, 5) is 4.72. The molecular weight excluding hydrogens is 368 g/mol.